The molecule has 1 saturated heterocycles. The van der Waals surface area contributed by atoms with Crippen molar-refractivity contribution in [1.82, 2.24) is 10.2 Å². The van der Waals surface area contributed by atoms with Gasteiger partial charge in [-0.25, -0.2) is 0 Å². The quantitative estimate of drug-likeness (QED) is 0.846. The van der Waals surface area contributed by atoms with Crippen LogP contribution < -0.4 is 14.8 Å². The van der Waals surface area contributed by atoms with Crippen molar-refractivity contribution in [3.05, 3.63) is 23.8 Å². The topological polar surface area (TPSA) is 67.9 Å². The highest BCUT2D eigenvalue weighted by Gasteiger charge is 2.34. The number of nitrogens with zero attached hydrogens (tertiary/aromatic N) is 1. The average molecular weight is 360 g/mol. The number of carbonyl (C=O) groups is 2. The molecule has 0 bridgehead atoms. The van der Waals surface area contributed by atoms with E-state index in [0.717, 1.165) is 12.8 Å². The number of carbonyl (C=O) groups excluding carboxylic acids is 2. The normalized spacial score (nSPS) is 19.0. The van der Waals surface area contributed by atoms with Crippen molar-refractivity contribution in [2.45, 2.75) is 38.6 Å². The molecule has 1 aliphatic carbocycles. The van der Waals surface area contributed by atoms with Crippen LogP contribution in [0.2, 0.25) is 0 Å². The smallest absolute Gasteiger partial charge is 0.253 e. The van der Waals surface area contributed by atoms with Crippen LogP contribution in [0.5, 0.6) is 11.5 Å². The van der Waals surface area contributed by atoms with E-state index in [1.807, 2.05) is 11.8 Å². The van der Waals surface area contributed by atoms with E-state index in [9.17, 15) is 9.59 Å². The van der Waals surface area contributed by atoms with E-state index in [1.165, 1.54) is 12.8 Å². The molecule has 2 fully saturated rings. The molecule has 0 aromatic heterocycles. The van der Waals surface area contributed by atoms with Crippen LogP contribution in [-0.2, 0) is 4.79 Å². The molecule has 0 radical (unpaired) electrons. The largest absolute Gasteiger partial charge is 0.493 e. The lowest BCUT2D eigenvalue weighted by Crippen LogP contribution is -2.47. The first-order valence-corrected chi connectivity index (χ1v) is 9.35. The van der Waals surface area contributed by atoms with Gasteiger partial charge in [0.1, 0.15) is 0 Å². The number of likely N-dealkylation sites (tertiary alicyclic amines) is 1. The van der Waals surface area contributed by atoms with E-state index in [2.05, 4.69) is 5.32 Å². The van der Waals surface area contributed by atoms with Crippen LogP contribution in [0.15, 0.2) is 18.2 Å². The van der Waals surface area contributed by atoms with Gasteiger partial charge in [-0.05, 0) is 49.8 Å². The van der Waals surface area contributed by atoms with Gasteiger partial charge in [0.25, 0.3) is 5.91 Å². The number of amides is 2. The summed E-state index contributed by atoms with van der Waals surface area (Å²) in [5, 5.41) is 3.16. The predicted molar refractivity (Wildman–Crippen MR) is 98.5 cm³/mol. The van der Waals surface area contributed by atoms with Crippen molar-refractivity contribution in [2.75, 3.05) is 27.3 Å². The minimum absolute atomic E-state index is 0.0120. The van der Waals surface area contributed by atoms with Gasteiger partial charge in [0.15, 0.2) is 11.5 Å². The Labute approximate surface area is 154 Å². The lowest BCUT2D eigenvalue weighted by molar-refractivity contribution is -0.126. The lowest BCUT2D eigenvalue weighted by Gasteiger charge is -2.33. The fourth-order valence-electron chi connectivity index (χ4n) is 3.52. The monoisotopic (exact) mass is 360 g/mol. The second-order valence-corrected chi connectivity index (χ2v) is 7.27. The van der Waals surface area contributed by atoms with Gasteiger partial charge in [-0.1, -0.05) is 6.92 Å². The molecular formula is C20H28N2O4. The van der Waals surface area contributed by atoms with Gasteiger partial charge in [-0.3, -0.25) is 9.59 Å². The van der Waals surface area contributed by atoms with E-state index in [1.54, 1.807) is 32.4 Å². The summed E-state index contributed by atoms with van der Waals surface area (Å²) in [5.41, 5.74) is 0.590. The SMILES string of the molecule is COc1ccc(C(=O)N2CCC(NC(=O)C(C)C3CC3)CC2)cc1OC. The highest BCUT2D eigenvalue weighted by Crippen LogP contribution is 2.36. The lowest BCUT2D eigenvalue weighted by atomic mass is 10.0. The maximum absolute atomic E-state index is 12.7. The van der Waals surface area contributed by atoms with Gasteiger partial charge < -0.3 is 19.7 Å². The Bertz CT molecular complexity index is 664. The van der Waals surface area contributed by atoms with Gasteiger partial charge in [0, 0.05) is 30.6 Å². The standard InChI is InChI=1S/C20H28N2O4/c1-13(14-4-5-14)19(23)21-16-8-10-22(11-9-16)20(24)15-6-7-17(25-2)18(12-15)26-3/h6-7,12-14,16H,4-5,8-11H2,1-3H3,(H,21,23). The summed E-state index contributed by atoms with van der Waals surface area (Å²) >= 11 is 0. The Kier molecular flexibility index (Phi) is 5.69. The third-order valence-corrected chi connectivity index (χ3v) is 5.50. The summed E-state index contributed by atoms with van der Waals surface area (Å²) in [6.07, 6.45) is 3.93. The van der Waals surface area contributed by atoms with E-state index < -0.39 is 0 Å². The maximum atomic E-state index is 12.7. The van der Waals surface area contributed by atoms with E-state index in [0.29, 0.717) is 36.1 Å². The second kappa shape index (κ2) is 7.98. The Morgan fingerprint density at radius 3 is 2.31 bits per heavy atom. The van der Waals surface area contributed by atoms with Crippen molar-refractivity contribution in [2.24, 2.45) is 11.8 Å². The number of nitrogens with one attached hydrogen (secondary N) is 1. The zero-order valence-corrected chi connectivity index (χ0v) is 15.8. The van der Waals surface area contributed by atoms with Gasteiger partial charge in [-0.2, -0.15) is 0 Å². The number of rotatable bonds is 6. The molecule has 1 atom stereocenters. The molecule has 6 nitrogen and oxygen atoms in total. The van der Waals surface area contributed by atoms with Crippen LogP contribution in [0.25, 0.3) is 0 Å². The number of ether oxygens (including phenoxy) is 2. The summed E-state index contributed by atoms with van der Waals surface area (Å²) in [4.78, 5) is 26.8. The summed E-state index contributed by atoms with van der Waals surface area (Å²) in [6.45, 7) is 3.31. The fourth-order valence-corrected chi connectivity index (χ4v) is 3.52. The molecule has 2 aliphatic rings. The van der Waals surface area contributed by atoms with E-state index in [4.69, 9.17) is 9.47 Å². The van der Waals surface area contributed by atoms with Gasteiger partial charge in [0.2, 0.25) is 5.91 Å². The zero-order valence-electron chi connectivity index (χ0n) is 15.8. The number of hydrogen-bond donors (Lipinski definition) is 1. The number of benzene rings is 1. The van der Waals surface area contributed by atoms with Gasteiger partial charge in [0.05, 0.1) is 14.2 Å². The van der Waals surface area contributed by atoms with Crippen molar-refractivity contribution in [3.8, 4) is 11.5 Å². The third kappa shape index (κ3) is 4.11. The Balaban J connectivity index is 1.54. The molecule has 1 unspecified atom stereocenters. The maximum Gasteiger partial charge on any atom is 0.253 e. The van der Waals surface area contributed by atoms with Crippen LogP contribution in [0.3, 0.4) is 0 Å². The molecule has 1 heterocycles. The molecule has 1 saturated carbocycles. The summed E-state index contributed by atoms with van der Waals surface area (Å²) < 4.78 is 10.5. The first-order valence-electron chi connectivity index (χ1n) is 9.35. The fraction of sp³-hybridized carbons (Fsp3) is 0.600. The Hall–Kier alpha value is -2.24. The molecule has 142 valence electrons. The Morgan fingerprint density at radius 1 is 1.08 bits per heavy atom. The minimum atomic E-state index is -0.0120. The van der Waals surface area contributed by atoms with Crippen molar-refractivity contribution in [1.29, 1.82) is 0 Å². The molecular weight excluding hydrogens is 332 g/mol. The molecule has 1 N–H and O–H groups in total. The highest BCUT2D eigenvalue weighted by molar-refractivity contribution is 5.95. The number of piperidine rings is 1. The predicted octanol–water partition coefficient (Wildman–Crippen LogP) is 2.47. The van der Waals surface area contributed by atoms with Crippen LogP contribution in [0.4, 0.5) is 0 Å². The van der Waals surface area contributed by atoms with Crippen LogP contribution in [0, 0.1) is 11.8 Å². The van der Waals surface area contributed by atoms with Crippen molar-refractivity contribution in [3.63, 3.8) is 0 Å². The van der Waals surface area contributed by atoms with E-state index >= 15 is 0 Å². The second-order valence-electron chi connectivity index (χ2n) is 7.27. The number of hydrogen-bond acceptors (Lipinski definition) is 4. The summed E-state index contributed by atoms with van der Waals surface area (Å²) in [5.74, 6) is 1.99. The summed E-state index contributed by atoms with van der Waals surface area (Å²) in [6, 6.07) is 5.39. The van der Waals surface area contributed by atoms with Crippen molar-refractivity contribution < 1.29 is 19.1 Å². The van der Waals surface area contributed by atoms with Gasteiger partial charge in [-0.15, -0.1) is 0 Å². The van der Waals surface area contributed by atoms with Gasteiger partial charge >= 0.3 is 0 Å². The number of methoxy groups -OCH3 is 2. The average Bonchev–Trinajstić information content (AvgIpc) is 3.52. The molecule has 2 amide bonds. The van der Waals surface area contributed by atoms with Crippen LogP contribution in [0.1, 0.15) is 43.0 Å². The molecule has 1 aromatic rings. The molecule has 1 aromatic carbocycles. The molecule has 6 heteroatoms. The van der Waals surface area contributed by atoms with Crippen LogP contribution in [-0.4, -0.2) is 50.1 Å². The first kappa shape index (κ1) is 18.5. The Morgan fingerprint density at radius 2 is 1.73 bits per heavy atom. The molecule has 26 heavy (non-hydrogen) atoms. The third-order valence-electron chi connectivity index (χ3n) is 5.50. The minimum Gasteiger partial charge on any atom is -0.493 e. The van der Waals surface area contributed by atoms with Crippen molar-refractivity contribution >= 4 is 11.8 Å². The highest BCUT2D eigenvalue weighted by atomic mass is 16.5. The molecule has 3 rings (SSSR count). The van der Waals surface area contributed by atoms with Crippen LogP contribution >= 0.6 is 0 Å². The molecule has 0 spiro atoms. The molecule has 1 aliphatic heterocycles. The first-order chi connectivity index (χ1) is 12.5. The zero-order chi connectivity index (χ0) is 18.7. The summed E-state index contributed by atoms with van der Waals surface area (Å²) in [7, 11) is 3.13. The van der Waals surface area contributed by atoms with E-state index in [-0.39, 0.29) is 23.8 Å².